The van der Waals surface area contributed by atoms with Crippen molar-refractivity contribution in [1.82, 2.24) is 30.1 Å². The first-order chi connectivity index (χ1) is 10.8. The number of nitrogens with zero attached hydrogens (tertiary/aromatic N) is 4. The molecular weight excluding hydrogens is 284 g/mol. The summed E-state index contributed by atoms with van der Waals surface area (Å²) in [5.41, 5.74) is 3.36. The average Bonchev–Trinajstić information content (AvgIpc) is 3.15. The third-order valence-corrected chi connectivity index (χ3v) is 3.33. The molecule has 0 aliphatic carbocycles. The van der Waals surface area contributed by atoms with Crippen LogP contribution in [0.25, 0.3) is 33.5 Å². The summed E-state index contributed by atoms with van der Waals surface area (Å²) in [5.74, 6) is -0.412. The molecule has 0 aliphatic heterocycles. The van der Waals surface area contributed by atoms with Crippen LogP contribution in [0.15, 0.2) is 30.6 Å². The number of esters is 1. The van der Waals surface area contributed by atoms with Crippen LogP contribution >= 0.6 is 0 Å². The molecule has 4 aromatic rings. The molecule has 0 saturated carbocycles. The summed E-state index contributed by atoms with van der Waals surface area (Å²) in [6, 6.07) is 5.56. The van der Waals surface area contributed by atoms with Gasteiger partial charge in [0.1, 0.15) is 11.2 Å². The van der Waals surface area contributed by atoms with E-state index in [-0.39, 0.29) is 5.82 Å². The van der Waals surface area contributed by atoms with Gasteiger partial charge in [0.25, 0.3) is 0 Å². The fourth-order valence-electron chi connectivity index (χ4n) is 2.30. The molecule has 0 amide bonds. The van der Waals surface area contributed by atoms with Crippen LogP contribution in [0.4, 0.5) is 0 Å². The molecule has 4 rings (SSSR count). The Morgan fingerprint density at radius 3 is 2.77 bits per heavy atom. The van der Waals surface area contributed by atoms with Gasteiger partial charge in [0.05, 0.1) is 7.11 Å². The second-order valence-corrected chi connectivity index (χ2v) is 4.64. The van der Waals surface area contributed by atoms with Crippen LogP contribution in [0, 0.1) is 0 Å². The molecule has 0 unspecified atom stereocenters. The molecule has 0 aromatic carbocycles. The first-order valence-corrected chi connectivity index (χ1v) is 6.50. The number of hydrogen-bond donors (Lipinski definition) is 2. The Morgan fingerprint density at radius 2 is 2.00 bits per heavy atom. The number of nitrogens with one attached hydrogen (secondary N) is 2. The highest BCUT2D eigenvalue weighted by Gasteiger charge is 2.16. The molecule has 4 heterocycles. The molecule has 0 bridgehead atoms. The topological polar surface area (TPSA) is 109 Å². The zero-order valence-corrected chi connectivity index (χ0v) is 11.5. The van der Waals surface area contributed by atoms with E-state index in [0.717, 1.165) is 16.6 Å². The number of carbonyl (C=O) groups excluding carboxylic acids is 1. The van der Waals surface area contributed by atoms with Crippen molar-refractivity contribution in [3.8, 4) is 11.3 Å². The van der Waals surface area contributed by atoms with Crippen LogP contribution in [-0.2, 0) is 4.74 Å². The van der Waals surface area contributed by atoms with Crippen LogP contribution in [0.5, 0.6) is 0 Å². The van der Waals surface area contributed by atoms with Crippen LogP contribution in [0.1, 0.15) is 10.6 Å². The number of rotatable bonds is 2. The number of aromatic nitrogens is 6. The molecule has 8 heteroatoms. The summed E-state index contributed by atoms with van der Waals surface area (Å²) < 4.78 is 4.65. The van der Waals surface area contributed by atoms with Gasteiger partial charge < -0.3 is 9.72 Å². The highest BCUT2D eigenvalue weighted by atomic mass is 16.5. The van der Waals surface area contributed by atoms with Crippen molar-refractivity contribution in [3.05, 3.63) is 36.4 Å². The lowest BCUT2D eigenvalue weighted by Gasteiger charge is -1.96. The predicted octanol–water partition coefficient (Wildman–Crippen LogP) is 1.68. The number of hydrogen-bond acceptors (Lipinski definition) is 6. The highest BCUT2D eigenvalue weighted by molar-refractivity contribution is 5.98. The minimum Gasteiger partial charge on any atom is -0.463 e. The molecule has 0 radical (unpaired) electrons. The van der Waals surface area contributed by atoms with E-state index in [9.17, 15) is 4.79 Å². The summed E-state index contributed by atoms with van der Waals surface area (Å²) in [6.07, 6.45) is 3.40. The van der Waals surface area contributed by atoms with Gasteiger partial charge in [-0.2, -0.15) is 5.10 Å². The lowest BCUT2D eigenvalue weighted by Crippen LogP contribution is -2.02. The minimum atomic E-state index is -0.533. The fourth-order valence-corrected chi connectivity index (χ4v) is 2.30. The van der Waals surface area contributed by atoms with Gasteiger partial charge in [-0.05, 0) is 18.2 Å². The molecular formula is C14H10N6O2. The molecule has 2 N–H and O–H groups in total. The second-order valence-electron chi connectivity index (χ2n) is 4.64. The molecule has 0 saturated heterocycles. The molecule has 4 aromatic heterocycles. The highest BCUT2D eigenvalue weighted by Crippen LogP contribution is 2.26. The van der Waals surface area contributed by atoms with E-state index in [1.807, 2.05) is 18.2 Å². The maximum atomic E-state index is 11.5. The SMILES string of the molecule is COC(=O)c1nc2cc3c(-c4ccncc4)n[nH]c3nc2[nH]1. The van der Waals surface area contributed by atoms with E-state index in [1.54, 1.807) is 12.4 Å². The Balaban J connectivity index is 1.93. The predicted molar refractivity (Wildman–Crippen MR) is 78.1 cm³/mol. The lowest BCUT2D eigenvalue weighted by atomic mass is 10.1. The summed E-state index contributed by atoms with van der Waals surface area (Å²) in [5, 5.41) is 8.00. The summed E-state index contributed by atoms with van der Waals surface area (Å²) >= 11 is 0. The molecule has 108 valence electrons. The van der Waals surface area contributed by atoms with Gasteiger partial charge in [0.2, 0.25) is 5.82 Å². The van der Waals surface area contributed by atoms with Crippen LogP contribution in [-0.4, -0.2) is 43.2 Å². The van der Waals surface area contributed by atoms with Gasteiger partial charge >= 0.3 is 5.97 Å². The van der Waals surface area contributed by atoms with Crippen molar-refractivity contribution >= 4 is 28.2 Å². The Kier molecular flexibility index (Phi) is 2.62. The Hall–Kier alpha value is -3.29. The monoisotopic (exact) mass is 294 g/mol. The standard InChI is InChI=1S/C14H10N6O2/c1-22-14(21)13-16-9-6-8-10(7-2-4-15-5-3-7)19-20-11(8)17-12(9)18-13/h2-6H,1H3,(H2,16,17,18,19,20). The van der Waals surface area contributed by atoms with Crippen molar-refractivity contribution in [2.75, 3.05) is 7.11 Å². The van der Waals surface area contributed by atoms with Gasteiger partial charge in [-0.15, -0.1) is 0 Å². The number of H-pyrrole nitrogens is 2. The van der Waals surface area contributed by atoms with E-state index in [4.69, 9.17) is 0 Å². The van der Waals surface area contributed by atoms with Crippen molar-refractivity contribution in [2.24, 2.45) is 0 Å². The molecule has 22 heavy (non-hydrogen) atoms. The Bertz CT molecular complexity index is 989. The maximum Gasteiger partial charge on any atom is 0.374 e. The molecule has 0 spiro atoms. The third kappa shape index (κ3) is 1.81. The summed E-state index contributed by atoms with van der Waals surface area (Å²) in [6.45, 7) is 0. The van der Waals surface area contributed by atoms with Gasteiger partial charge in [-0.1, -0.05) is 0 Å². The zero-order valence-electron chi connectivity index (χ0n) is 11.5. The first kappa shape index (κ1) is 12.5. The summed E-state index contributed by atoms with van der Waals surface area (Å²) in [4.78, 5) is 27.0. The van der Waals surface area contributed by atoms with Crippen molar-refractivity contribution in [3.63, 3.8) is 0 Å². The number of ether oxygens (including phenoxy) is 1. The summed E-state index contributed by atoms with van der Waals surface area (Å²) in [7, 11) is 1.30. The van der Waals surface area contributed by atoms with Gasteiger partial charge in [-0.3, -0.25) is 10.1 Å². The molecule has 8 nitrogen and oxygen atoms in total. The van der Waals surface area contributed by atoms with Crippen molar-refractivity contribution < 1.29 is 9.53 Å². The Labute approximate surface area is 123 Å². The normalized spacial score (nSPS) is 11.1. The smallest absolute Gasteiger partial charge is 0.374 e. The van der Waals surface area contributed by atoms with Gasteiger partial charge in [0.15, 0.2) is 11.3 Å². The van der Waals surface area contributed by atoms with Crippen LogP contribution in [0.2, 0.25) is 0 Å². The van der Waals surface area contributed by atoms with E-state index in [1.165, 1.54) is 7.11 Å². The zero-order chi connectivity index (χ0) is 15.1. The quantitative estimate of drug-likeness (QED) is 0.544. The van der Waals surface area contributed by atoms with Crippen molar-refractivity contribution in [1.29, 1.82) is 0 Å². The van der Waals surface area contributed by atoms with E-state index < -0.39 is 5.97 Å². The Morgan fingerprint density at radius 1 is 1.18 bits per heavy atom. The number of pyridine rings is 2. The van der Waals surface area contributed by atoms with Gasteiger partial charge in [0, 0.05) is 23.3 Å². The first-order valence-electron chi connectivity index (χ1n) is 6.50. The van der Waals surface area contributed by atoms with Gasteiger partial charge in [-0.25, -0.2) is 14.8 Å². The fraction of sp³-hybridized carbons (Fsp3) is 0.0714. The second kappa shape index (κ2) is 4.62. The number of carbonyl (C=O) groups is 1. The van der Waals surface area contributed by atoms with Crippen LogP contribution in [0.3, 0.4) is 0 Å². The molecule has 0 aliphatic rings. The average molecular weight is 294 g/mol. The third-order valence-electron chi connectivity index (χ3n) is 3.33. The number of fused-ring (bicyclic) bond motifs is 2. The lowest BCUT2D eigenvalue weighted by molar-refractivity contribution is 0.0588. The van der Waals surface area contributed by atoms with E-state index in [0.29, 0.717) is 16.8 Å². The number of methoxy groups -OCH3 is 1. The van der Waals surface area contributed by atoms with Crippen molar-refractivity contribution in [2.45, 2.75) is 0 Å². The van der Waals surface area contributed by atoms with E-state index in [2.05, 4.69) is 34.9 Å². The molecule has 0 atom stereocenters. The van der Waals surface area contributed by atoms with E-state index >= 15 is 0 Å². The number of aromatic amines is 2. The molecule has 0 fully saturated rings. The number of imidazole rings is 1. The van der Waals surface area contributed by atoms with Crippen LogP contribution < -0.4 is 0 Å². The minimum absolute atomic E-state index is 0.121. The largest absolute Gasteiger partial charge is 0.463 e. The maximum absolute atomic E-state index is 11.5.